The maximum absolute atomic E-state index is 14.6. The number of anilines is 2. The molecule has 3 aromatic rings. The monoisotopic (exact) mass is 528 g/mol. The van der Waals surface area contributed by atoms with Gasteiger partial charge in [0.15, 0.2) is 5.82 Å². The number of aromatic amines is 1. The van der Waals surface area contributed by atoms with Crippen molar-refractivity contribution in [3.63, 3.8) is 0 Å². The van der Waals surface area contributed by atoms with Crippen LogP contribution in [0.3, 0.4) is 0 Å². The zero-order valence-corrected chi connectivity index (χ0v) is 21.7. The lowest BCUT2D eigenvalue weighted by atomic mass is 9.91. The molecule has 0 radical (unpaired) electrons. The Bertz CT molecular complexity index is 1530. The number of amides is 1. The van der Waals surface area contributed by atoms with Crippen LogP contribution in [-0.4, -0.2) is 52.3 Å². The van der Waals surface area contributed by atoms with Gasteiger partial charge in [0.1, 0.15) is 23.5 Å². The van der Waals surface area contributed by atoms with Gasteiger partial charge in [-0.15, -0.1) is 0 Å². The summed E-state index contributed by atoms with van der Waals surface area (Å²) in [5, 5.41) is 23.2. The van der Waals surface area contributed by atoms with Gasteiger partial charge >= 0.3 is 0 Å². The molecule has 2 aliphatic heterocycles. The van der Waals surface area contributed by atoms with Crippen molar-refractivity contribution >= 4 is 34.1 Å². The second kappa shape index (κ2) is 10.0. The van der Waals surface area contributed by atoms with Gasteiger partial charge in [-0.05, 0) is 50.1 Å². The quantitative estimate of drug-likeness (QED) is 0.464. The number of methoxy groups -OCH3 is 1. The minimum absolute atomic E-state index is 0.0852. The topological polar surface area (TPSA) is 122 Å². The van der Waals surface area contributed by atoms with E-state index < -0.39 is 18.0 Å². The number of aliphatic imine (C=N–C) groups is 1. The lowest BCUT2D eigenvalue weighted by molar-refractivity contribution is -0.127. The Morgan fingerprint density at radius 1 is 1.21 bits per heavy atom. The van der Waals surface area contributed by atoms with Crippen molar-refractivity contribution in [2.24, 2.45) is 4.99 Å². The van der Waals surface area contributed by atoms with Gasteiger partial charge in [-0.2, -0.15) is 10.4 Å². The number of piperazine rings is 1. The molecule has 3 aliphatic rings. The largest absolute Gasteiger partial charge is 0.495 e. The Hall–Kier alpha value is -4.43. The van der Waals surface area contributed by atoms with Crippen LogP contribution in [0.5, 0.6) is 5.75 Å². The number of benzene rings is 2. The number of guanidine groups is 1. The molecule has 1 aliphatic carbocycles. The SMILES string of the molecule is COc1ccc(N2C(=O)[C@@H](C)N(C3CCCCC3)C3N=C(Nc4cc(F)c5[nH]ncc5c4)NC=C32)cc1C#N. The Morgan fingerprint density at radius 3 is 2.79 bits per heavy atom. The molecule has 1 aromatic heterocycles. The minimum Gasteiger partial charge on any atom is -0.495 e. The molecular formula is C28H29FN8O2. The lowest BCUT2D eigenvalue weighted by Crippen LogP contribution is -2.64. The summed E-state index contributed by atoms with van der Waals surface area (Å²) < 4.78 is 19.9. The number of nitriles is 1. The summed E-state index contributed by atoms with van der Waals surface area (Å²) in [5.41, 5.74) is 2.45. The van der Waals surface area contributed by atoms with E-state index in [0.717, 1.165) is 25.7 Å². The van der Waals surface area contributed by atoms with Crippen LogP contribution in [0.4, 0.5) is 15.8 Å². The molecule has 11 heteroatoms. The van der Waals surface area contributed by atoms with Crippen LogP contribution in [0.25, 0.3) is 10.9 Å². The molecule has 3 N–H and O–H groups in total. The zero-order valence-electron chi connectivity index (χ0n) is 21.7. The van der Waals surface area contributed by atoms with E-state index in [9.17, 15) is 14.4 Å². The van der Waals surface area contributed by atoms with Crippen molar-refractivity contribution in [3.8, 4) is 11.8 Å². The highest BCUT2D eigenvalue weighted by Crippen LogP contribution is 2.38. The summed E-state index contributed by atoms with van der Waals surface area (Å²) in [6.07, 6.45) is 8.28. The fourth-order valence-corrected chi connectivity index (χ4v) is 5.88. The van der Waals surface area contributed by atoms with Crippen LogP contribution in [0, 0.1) is 17.1 Å². The standard InChI is InChI=1S/C28H29FN8O2/c1-16-27(38)37(21-8-9-24(39-2)17(11-21)13-30)23-15-31-28(34-26(23)36(16)20-6-4-3-5-7-20)33-19-10-18-14-32-35-25(18)22(29)12-19/h8-12,14-16,20,26H,3-7H2,1-2H3,(H,32,35)(H2,31,33,34)/t16-,26?/m1/s1. The zero-order chi connectivity index (χ0) is 27.1. The van der Waals surface area contributed by atoms with Crippen LogP contribution < -0.4 is 20.3 Å². The predicted molar refractivity (Wildman–Crippen MR) is 145 cm³/mol. The van der Waals surface area contributed by atoms with Crippen LogP contribution in [0.2, 0.25) is 0 Å². The number of hydrogen-bond donors (Lipinski definition) is 3. The first-order valence-electron chi connectivity index (χ1n) is 13.1. The molecule has 200 valence electrons. The van der Waals surface area contributed by atoms with E-state index in [2.05, 4.69) is 31.8 Å². The molecule has 1 amide bonds. The van der Waals surface area contributed by atoms with Crippen LogP contribution >= 0.6 is 0 Å². The van der Waals surface area contributed by atoms with Crippen LogP contribution in [0.1, 0.15) is 44.6 Å². The Morgan fingerprint density at radius 2 is 2.03 bits per heavy atom. The van der Waals surface area contributed by atoms with E-state index in [1.807, 2.05) is 6.92 Å². The molecule has 39 heavy (non-hydrogen) atoms. The van der Waals surface area contributed by atoms with E-state index in [1.54, 1.807) is 41.6 Å². The van der Waals surface area contributed by atoms with Gasteiger partial charge in [0, 0.05) is 23.3 Å². The van der Waals surface area contributed by atoms with E-state index in [4.69, 9.17) is 9.73 Å². The summed E-state index contributed by atoms with van der Waals surface area (Å²) in [6.45, 7) is 1.92. The molecule has 1 unspecified atom stereocenters. The summed E-state index contributed by atoms with van der Waals surface area (Å²) in [4.78, 5) is 22.7. The van der Waals surface area contributed by atoms with Gasteiger partial charge in [0.05, 0.1) is 36.3 Å². The normalized spacial score (nSPS) is 22.0. The van der Waals surface area contributed by atoms with Gasteiger partial charge in [-0.3, -0.25) is 19.7 Å². The molecule has 2 fully saturated rings. The highest BCUT2D eigenvalue weighted by atomic mass is 19.1. The average molecular weight is 529 g/mol. The molecule has 0 bridgehead atoms. The minimum atomic E-state index is -0.459. The molecule has 2 aromatic carbocycles. The smallest absolute Gasteiger partial charge is 0.248 e. The number of halogens is 1. The van der Waals surface area contributed by atoms with Crippen LogP contribution in [-0.2, 0) is 4.79 Å². The van der Waals surface area contributed by atoms with E-state index in [-0.39, 0.29) is 11.9 Å². The average Bonchev–Trinajstić information content (AvgIpc) is 3.43. The van der Waals surface area contributed by atoms with E-state index in [1.165, 1.54) is 19.6 Å². The number of carbonyl (C=O) groups is 1. The Kier molecular flexibility index (Phi) is 6.40. The first kappa shape index (κ1) is 24.9. The lowest BCUT2D eigenvalue weighted by Gasteiger charge is -2.49. The number of aromatic nitrogens is 2. The number of H-pyrrole nitrogens is 1. The number of hydrogen-bond acceptors (Lipinski definition) is 8. The van der Waals surface area contributed by atoms with Crippen molar-refractivity contribution in [2.75, 3.05) is 17.3 Å². The van der Waals surface area contributed by atoms with Crippen molar-refractivity contribution < 1.29 is 13.9 Å². The van der Waals surface area contributed by atoms with E-state index in [0.29, 0.717) is 45.2 Å². The predicted octanol–water partition coefficient (Wildman–Crippen LogP) is 4.19. The van der Waals surface area contributed by atoms with Gasteiger partial charge in [0.2, 0.25) is 11.9 Å². The van der Waals surface area contributed by atoms with Crippen molar-refractivity contribution in [3.05, 3.63) is 59.8 Å². The fraction of sp³-hybridized carbons (Fsp3) is 0.357. The highest BCUT2D eigenvalue weighted by molar-refractivity contribution is 6.03. The van der Waals surface area contributed by atoms with Gasteiger partial charge < -0.3 is 15.4 Å². The number of nitrogens with zero attached hydrogens (tertiary/aromatic N) is 5. The van der Waals surface area contributed by atoms with Crippen molar-refractivity contribution in [1.29, 1.82) is 5.26 Å². The van der Waals surface area contributed by atoms with Gasteiger partial charge in [0.25, 0.3) is 0 Å². The Balaban J connectivity index is 1.38. The van der Waals surface area contributed by atoms with Gasteiger partial charge in [-0.1, -0.05) is 19.3 Å². The summed E-state index contributed by atoms with van der Waals surface area (Å²) in [5.74, 6) is 0.389. The van der Waals surface area contributed by atoms with E-state index >= 15 is 0 Å². The summed E-state index contributed by atoms with van der Waals surface area (Å²) in [7, 11) is 1.51. The third kappa shape index (κ3) is 4.36. The second-order valence-corrected chi connectivity index (χ2v) is 10.1. The maximum atomic E-state index is 14.6. The molecule has 6 rings (SSSR count). The van der Waals surface area contributed by atoms with Crippen LogP contribution in [0.15, 0.2) is 53.4 Å². The van der Waals surface area contributed by atoms with Crippen molar-refractivity contribution in [2.45, 2.75) is 57.3 Å². The maximum Gasteiger partial charge on any atom is 0.248 e. The molecular weight excluding hydrogens is 499 g/mol. The molecule has 2 atom stereocenters. The second-order valence-electron chi connectivity index (χ2n) is 10.1. The summed E-state index contributed by atoms with van der Waals surface area (Å²) >= 11 is 0. The number of fused-ring (bicyclic) bond motifs is 2. The van der Waals surface area contributed by atoms with Crippen molar-refractivity contribution in [1.82, 2.24) is 20.4 Å². The Labute approximate surface area is 225 Å². The fourth-order valence-electron chi connectivity index (χ4n) is 5.88. The number of ether oxygens (including phenoxy) is 1. The number of nitrogens with one attached hydrogen (secondary N) is 3. The molecule has 1 saturated carbocycles. The molecule has 10 nitrogen and oxygen atoms in total. The first-order valence-corrected chi connectivity index (χ1v) is 13.1. The first-order chi connectivity index (χ1) is 19.0. The third-order valence-electron chi connectivity index (χ3n) is 7.76. The molecule has 3 heterocycles. The van der Waals surface area contributed by atoms with Gasteiger partial charge in [-0.25, -0.2) is 9.38 Å². The number of carbonyl (C=O) groups excluding carboxylic acids is 1. The highest BCUT2D eigenvalue weighted by Gasteiger charge is 2.46. The molecule has 1 saturated heterocycles. The summed E-state index contributed by atoms with van der Waals surface area (Å²) in [6, 6.07) is 10.2. The molecule has 0 spiro atoms. The number of rotatable bonds is 4. The third-order valence-corrected chi connectivity index (χ3v) is 7.76.